The van der Waals surface area contributed by atoms with Crippen molar-refractivity contribution >= 4 is 11.3 Å². The summed E-state index contributed by atoms with van der Waals surface area (Å²) in [7, 11) is 1.69. The van der Waals surface area contributed by atoms with Crippen molar-refractivity contribution in [2.24, 2.45) is 0 Å². The summed E-state index contributed by atoms with van der Waals surface area (Å²) in [5.41, 5.74) is 0.845. The summed E-state index contributed by atoms with van der Waals surface area (Å²) in [4.78, 5) is 12.4. The minimum Gasteiger partial charge on any atom is -0.368 e. The zero-order valence-electron chi connectivity index (χ0n) is 15.0. The first kappa shape index (κ1) is 17.8. The molecule has 0 aliphatic carbocycles. The molecule has 8 heteroatoms. The van der Waals surface area contributed by atoms with E-state index >= 15 is 0 Å². The number of likely N-dealkylation sites (tertiary alicyclic amines) is 1. The van der Waals surface area contributed by atoms with Crippen LogP contribution in [0.15, 0.2) is 40.4 Å². The molecule has 1 saturated heterocycles. The van der Waals surface area contributed by atoms with Crippen molar-refractivity contribution in [3.8, 4) is 17.6 Å². The highest BCUT2D eigenvalue weighted by Crippen LogP contribution is 2.36. The van der Waals surface area contributed by atoms with E-state index in [9.17, 15) is 0 Å². The maximum Gasteiger partial charge on any atom is 0.259 e. The minimum atomic E-state index is -0.566. The predicted molar refractivity (Wildman–Crippen MR) is 99.8 cm³/mol. The van der Waals surface area contributed by atoms with Gasteiger partial charge in [0, 0.05) is 43.2 Å². The Morgan fingerprint density at radius 1 is 1.37 bits per heavy atom. The molecule has 0 saturated carbocycles. The number of nitriles is 1. The molecule has 7 nitrogen and oxygen atoms in total. The number of pyridine rings is 1. The normalized spacial score (nSPS) is 16.9. The maximum absolute atomic E-state index is 8.97. The average molecular weight is 381 g/mol. The lowest BCUT2D eigenvalue weighted by Crippen LogP contribution is -2.43. The van der Waals surface area contributed by atoms with Crippen molar-refractivity contribution < 1.29 is 9.26 Å². The Balaban J connectivity index is 1.45. The van der Waals surface area contributed by atoms with Gasteiger partial charge in [0.1, 0.15) is 17.4 Å². The number of rotatable bonds is 5. The molecule has 1 aliphatic heterocycles. The molecular weight excluding hydrogens is 362 g/mol. The second kappa shape index (κ2) is 7.56. The number of thiophene rings is 1. The maximum atomic E-state index is 8.97. The molecule has 4 rings (SSSR count). The van der Waals surface area contributed by atoms with Crippen molar-refractivity contribution in [1.82, 2.24) is 20.0 Å². The second-order valence-corrected chi connectivity index (χ2v) is 7.52. The molecule has 3 aromatic heterocycles. The van der Waals surface area contributed by atoms with Gasteiger partial charge in [0.25, 0.3) is 5.89 Å². The van der Waals surface area contributed by atoms with E-state index in [2.05, 4.69) is 26.1 Å². The smallest absolute Gasteiger partial charge is 0.259 e. The SMILES string of the molecule is COC1(c2nc(-c3ccccn3)no2)CCN(Cc2cc(C#N)cs2)CC1. The topological polar surface area (TPSA) is 88.1 Å². The molecule has 0 spiro atoms. The lowest BCUT2D eigenvalue weighted by atomic mass is 9.91. The number of nitrogens with zero attached hydrogens (tertiary/aromatic N) is 5. The first-order chi connectivity index (χ1) is 13.2. The Kier molecular flexibility index (Phi) is 4.99. The Morgan fingerprint density at radius 2 is 2.22 bits per heavy atom. The van der Waals surface area contributed by atoms with Crippen molar-refractivity contribution in [3.05, 3.63) is 52.2 Å². The Bertz CT molecular complexity index is 938. The fourth-order valence-electron chi connectivity index (χ4n) is 3.33. The van der Waals surface area contributed by atoms with Crippen LogP contribution in [-0.2, 0) is 16.9 Å². The summed E-state index contributed by atoms with van der Waals surface area (Å²) in [6.45, 7) is 2.55. The van der Waals surface area contributed by atoms with Crippen LogP contribution in [0.3, 0.4) is 0 Å². The van der Waals surface area contributed by atoms with E-state index in [0.29, 0.717) is 17.4 Å². The van der Waals surface area contributed by atoms with Gasteiger partial charge in [-0.1, -0.05) is 11.2 Å². The predicted octanol–water partition coefficient (Wildman–Crippen LogP) is 3.20. The summed E-state index contributed by atoms with van der Waals surface area (Å²) in [6, 6.07) is 9.74. The van der Waals surface area contributed by atoms with Gasteiger partial charge < -0.3 is 9.26 Å². The van der Waals surface area contributed by atoms with Gasteiger partial charge in [0.05, 0.1) is 5.56 Å². The van der Waals surface area contributed by atoms with Gasteiger partial charge in [-0.05, 0) is 31.0 Å². The van der Waals surface area contributed by atoms with Crippen LogP contribution in [0.1, 0.15) is 29.2 Å². The zero-order valence-corrected chi connectivity index (χ0v) is 15.8. The molecule has 0 unspecified atom stereocenters. The van der Waals surface area contributed by atoms with Gasteiger partial charge in [-0.15, -0.1) is 11.3 Å². The lowest BCUT2D eigenvalue weighted by molar-refractivity contribution is -0.0837. The molecule has 0 bridgehead atoms. The van der Waals surface area contributed by atoms with Crippen molar-refractivity contribution in [3.63, 3.8) is 0 Å². The Hall–Kier alpha value is -2.60. The zero-order chi connectivity index (χ0) is 18.7. The molecule has 138 valence electrons. The first-order valence-electron chi connectivity index (χ1n) is 8.73. The van der Waals surface area contributed by atoms with E-state index in [4.69, 9.17) is 14.5 Å². The molecule has 27 heavy (non-hydrogen) atoms. The highest BCUT2D eigenvalue weighted by molar-refractivity contribution is 7.10. The first-order valence-corrected chi connectivity index (χ1v) is 9.61. The molecule has 0 radical (unpaired) electrons. The van der Waals surface area contributed by atoms with Crippen LogP contribution in [0.2, 0.25) is 0 Å². The van der Waals surface area contributed by atoms with Gasteiger partial charge in [-0.3, -0.25) is 9.88 Å². The number of hydrogen-bond donors (Lipinski definition) is 0. The van der Waals surface area contributed by atoms with Crippen LogP contribution in [-0.4, -0.2) is 40.2 Å². The molecule has 0 atom stereocenters. The van der Waals surface area contributed by atoms with Crippen LogP contribution >= 0.6 is 11.3 Å². The van der Waals surface area contributed by atoms with E-state index in [-0.39, 0.29) is 0 Å². The van der Waals surface area contributed by atoms with E-state index < -0.39 is 5.60 Å². The molecule has 4 heterocycles. The van der Waals surface area contributed by atoms with E-state index in [0.717, 1.165) is 38.0 Å². The van der Waals surface area contributed by atoms with Gasteiger partial charge in [-0.2, -0.15) is 10.2 Å². The number of methoxy groups -OCH3 is 1. The standard InChI is InChI=1S/C19H19N5O2S/c1-25-19(18-22-17(23-26-18)16-4-2-3-7-21-16)5-8-24(9-6-19)12-15-10-14(11-20)13-27-15/h2-4,7,10,13H,5-6,8-9,12H2,1H3. The monoisotopic (exact) mass is 381 g/mol. The van der Waals surface area contributed by atoms with Crippen LogP contribution in [0.4, 0.5) is 0 Å². The minimum absolute atomic E-state index is 0.479. The summed E-state index contributed by atoms with van der Waals surface area (Å²) in [5, 5.41) is 14.9. The average Bonchev–Trinajstić information content (AvgIpc) is 3.39. The molecular formula is C19H19N5O2S. The molecule has 1 aliphatic rings. The number of piperidine rings is 1. The van der Waals surface area contributed by atoms with Crippen molar-refractivity contribution in [1.29, 1.82) is 5.26 Å². The fourth-order valence-corrected chi connectivity index (χ4v) is 4.18. The van der Waals surface area contributed by atoms with Crippen LogP contribution in [0, 0.1) is 11.3 Å². The van der Waals surface area contributed by atoms with Crippen LogP contribution in [0.25, 0.3) is 11.5 Å². The Labute approximate surface area is 161 Å². The Morgan fingerprint density at radius 3 is 2.89 bits per heavy atom. The molecule has 0 N–H and O–H groups in total. The lowest BCUT2D eigenvalue weighted by Gasteiger charge is -2.38. The van der Waals surface area contributed by atoms with Crippen LogP contribution in [0.5, 0.6) is 0 Å². The quantitative estimate of drug-likeness (QED) is 0.670. The summed E-state index contributed by atoms with van der Waals surface area (Å²) >= 11 is 1.63. The van der Waals surface area contributed by atoms with Crippen LogP contribution < -0.4 is 0 Å². The fraction of sp³-hybridized carbons (Fsp3) is 0.368. The highest BCUT2D eigenvalue weighted by Gasteiger charge is 2.41. The number of ether oxygens (including phenoxy) is 1. The molecule has 0 aromatic carbocycles. The third-order valence-corrected chi connectivity index (χ3v) is 5.85. The molecule has 0 amide bonds. The highest BCUT2D eigenvalue weighted by atomic mass is 32.1. The van der Waals surface area contributed by atoms with Gasteiger partial charge in [-0.25, -0.2) is 0 Å². The second-order valence-electron chi connectivity index (χ2n) is 6.53. The van der Waals surface area contributed by atoms with Gasteiger partial charge in [0.2, 0.25) is 5.82 Å². The third-order valence-electron chi connectivity index (χ3n) is 4.93. The van der Waals surface area contributed by atoms with E-state index in [1.54, 1.807) is 24.6 Å². The van der Waals surface area contributed by atoms with E-state index in [1.165, 1.54) is 4.88 Å². The number of aromatic nitrogens is 3. The summed E-state index contributed by atoms with van der Waals surface area (Å²) in [6.07, 6.45) is 3.24. The largest absolute Gasteiger partial charge is 0.368 e. The molecule has 3 aromatic rings. The number of hydrogen-bond acceptors (Lipinski definition) is 8. The summed E-state index contributed by atoms with van der Waals surface area (Å²) in [5.74, 6) is 0.986. The van der Waals surface area contributed by atoms with Crippen molar-refractivity contribution in [2.45, 2.75) is 25.0 Å². The van der Waals surface area contributed by atoms with E-state index in [1.807, 2.05) is 29.6 Å². The van der Waals surface area contributed by atoms with Gasteiger partial charge >= 0.3 is 0 Å². The van der Waals surface area contributed by atoms with Gasteiger partial charge in [0.15, 0.2) is 0 Å². The third kappa shape index (κ3) is 3.62. The molecule has 1 fully saturated rings. The van der Waals surface area contributed by atoms with Crippen molar-refractivity contribution in [2.75, 3.05) is 20.2 Å². The summed E-state index contributed by atoms with van der Waals surface area (Å²) < 4.78 is 11.4.